The van der Waals surface area contributed by atoms with Crippen LogP contribution in [-0.2, 0) is 12.8 Å². The number of nitrogens with zero attached hydrogens (tertiary/aromatic N) is 4. The molecule has 2 aliphatic carbocycles. The Morgan fingerprint density at radius 3 is 1.73 bits per heavy atom. The van der Waals surface area contributed by atoms with Crippen LogP contribution in [0.1, 0.15) is 94.9 Å². The third-order valence-electron chi connectivity index (χ3n) is 11.7. The van der Waals surface area contributed by atoms with E-state index < -0.39 is 5.95 Å². The summed E-state index contributed by atoms with van der Waals surface area (Å²) in [5.41, 5.74) is 15.8. The number of H-pyrrole nitrogens is 2. The topological polar surface area (TPSA) is 220 Å². The molecule has 2 saturated carbocycles. The number of nitrogens with two attached hydrogens (primary N) is 1. The Balaban J connectivity index is 0.000000142. The van der Waals surface area contributed by atoms with Gasteiger partial charge >= 0.3 is 0 Å². The van der Waals surface area contributed by atoms with Gasteiger partial charge in [0.25, 0.3) is 11.8 Å². The molecule has 0 saturated heterocycles. The largest absolute Gasteiger partial charge is 0.392 e. The first-order chi connectivity index (χ1) is 28.5. The third kappa shape index (κ3) is 8.54. The number of nitrogens with one attached hydrogen (secondary N) is 5. The Kier molecular flexibility index (Phi) is 11.7. The van der Waals surface area contributed by atoms with Gasteiger partial charge in [0.05, 0.1) is 51.8 Å². The summed E-state index contributed by atoms with van der Waals surface area (Å²) in [5.74, 6) is 0.0145. The van der Waals surface area contributed by atoms with Crippen LogP contribution < -0.4 is 21.7 Å². The van der Waals surface area contributed by atoms with Crippen LogP contribution in [0.25, 0.3) is 44.6 Å². The van der Waals surface area contributed by atoms with Gasteiger partial charge in [0.2, 0.25) is 5.95 Å². The molecule has 2 fully saturated rings. The molecule has 4 atom stereocenters. The number of hydrogen-bond acceptors (Lipinski definition) is 10. The molecule has 59 heavy (non-hydrogen) atoms. The number of aliphatic hydroxyl groups excluding tert-OH is 2. The van der Waals surface area contributed by atoms with Crippen LogP contribution in [0.4, 0.5) is 10.2 Å². The standard InChI is InChI=1S/C22H25N5O2.C16H13FN4O.C6H13NO/c1-12-21(26-16-6-2-3-8-19(16)28)27-20-13(5-4-7-17(20)24-12)18-11-14-15(25-18)9-10-23-22(14)29;1-8-15(17)21-14-9(3-2-4-12(14)19-8)13-7-10-11(20-13)5-6-18-16(10)22;7-5-3-1-2-4-6(5)8/h4-5,7,11,16,19,25,28H,2-3,6,8-10H2,1H3,(H,23,29)(H,26,27);2-4,7,20H,5-6H2,1H3,(H,18,22);5-6,8H,1-4,7H2. The van der Waals surface area contributed by atoms with E-state index in [2.05, 4.69) is 35.9 Å². The first-order valence-corrected chi connectivity index (χ1v) is 20.6. The monoisotopic (exact) mass is 802 g/mol. The van der Waals surface area contributed by atoms with Crippen molar-refractivity contribution in [2.45, 2.75) is 102 Å². The van der Waals surface area contributed by atoms with Crippen LogP contribution in [0, 0.1) is 19.8 Å². The van der Waals surface area contributed by atoms with Gasteiger partial charge in [-0.3, -0.25) is 9.59 Å². The van der Waals surface area contributed by atoms with Gasteiger partial charge in [-0.05, 0) is 63.8 Å². The van der Waals surface area contributed by atoms with E-state index in [0.29, 0.717) is 41.1 Å². The van der Waals surface area contributed by atoms with Crippen molar-refractivity contribution >= 4 is 39.7 Å². The van der Waals surface area contributed by atoms with Crippen molar-refractivity contribution in [2.75, 3.05) is 18.4 Å². The molecule has 2 aromatic carbocycles. The minimum absolute atomic E-state index is 0.00265. The highest BCUT2D eigenvalue weighted by Crippen LogP contribution is 2.32. The predicted molar refractivity (Wildman–Crippen MR) is 224 cm³/mol. The Morgan fingerprint density at radius 1 is 0.678 bits per heavy atom. The van der Waals surface area contributed by atoms with Gasteiger partial charge in [-0.2, -0.15) is 4.39 Å². The van der Waals surface area contributed by atoms with Crippen molar-refractivity contribution in [3.05, 3.63) is 88.4 Å². The normalized spacial score (nSPS) is 21.3. The molecule has 9 N–H and O–H groups in total. The predicted octanol–water partition coefficient (Wildman–Crippen LogP) is 5.54. The number of aromatic amines is 2. The summed E-state index contributed by atoms with van der Waals surface area (Å²) in [4.78, 5) is 48.6. The quantitative estimate of drug-likeness (QED) is 0.111. The van der Waals surface area contributed by atoms with Gasteiger partial charge in [-0.15, -0.1) is 0 Å². The number of carbonyl (C=O) groups is 2. The summed E-state index contributed by atoms with van der Waals surface area (Å²) < 4.78 is 13.8. The molecule has 0 spiro atoms. The van der Waals surface area contributed by atoms with Gasteiger partial charge in [-0.25, -0.2) is 19.9 Å². The van der Waals surface area contributed by atoms with E-state index >= 15 is 0 Å². The van der Waals surface area contributed by atoms with Gasteiger partial charge in [-0.1, -0.05) is 49.9 Å². The number of fused-ring (bicyclic) bond motifs is 4. The molecule has 0 radical (unpaired) electrons. The molecule has 4 aliphatic rings. The summed E-state index contributed by atoms with van der Waals surface area (Å²) in [6.07, 6.45) is 9.14. The Labute approximate surface area is 341 Å². The van der Waals surface area contributed by atoms with Crippen molar-refractivity contribution in [3.63, 3.8) is 0 Å². The van der Waals surface area contributed by atoms with E-state index in [9.17, 15) is 19.1 Å². The van der Waals surface area contributed by atoms with E-state index in [1.54, 1.807) is 19.1 Å². The number of carbonyl (C=O) groups excluding carboxylic acids is 2. The number of hydrogen-bond donors (Lipinski definition) is 8. The van der Waals surface area contributed by atoms with Crippen molar-refractivity contribution in [1.82, 2.24) is 40.5 Å². The van der Waals surface area contributed by atoms with E-state index in [1.165, 1.54) is 6.42 Å². The second kappa shape index (κ2) is 17.2. The minimum Gasteiger partial charge on any atom is -0.392 e. The fourth-order valence-electron chi connectivity index (χ4n) is 8.35. The maximum absolute atomic E-state index is 13.8. The maximum atomic E-state index is 13.8. The second-order valence-corrected chi connectivity index (χ2v) is 15.9. The Bertz CT molecular complexity index is 2510. The van der Waals surface area contributed by atoms with Crippen LogP contribution in [0.2, 0.25) is 0 Å². The first-order valence-electron chi connectivity index (χ1n) is 20.6. The first kappa shape index (κ1) is 40.0. The molecule has 15 heteroatoms. The number of aliphatic hydroxyl groups is 2. The lowest BCUT2D eigenvalue weighted by molar-refractivity contribution is 0.0937. The highest BCUT2D eigenvalue weighted by atomic mass is 19.1. The number of aryl methyl sites for hydroxylation is 2. The number of amides is 2. The van der Waals surface area contributed by atoms with Crippen molar-refractivity contribution < 1.29 is 24.2 Å². The zero-order chi connectivity index (χ0) is 41.2. The van der Waals surface area contributed by atoms with Crippen molar-refractivity contribution in [3.8, 4) is 22.5 Å². The molecule has 2 aliphatic heterocycles. The van der Waals surface area contributed by atoms with Crippen LogP contribution in [-0.4, -0.2) is 89.3 Å². The highest BCUT2D eigenvalue weighted by molar-refractivity contribution is 6.00. The lowest BCUT2D eigenvalue weighted by Gasteiger charge is -2.29. The van der Waals surface area contributed by atoms with E-state index in [4.69, 9.17) is 20.8 Å². The average molecular weight is 803 g/mol. The zero-order valence-electron chi connectivity index (χ0n) is 33.4. The van der Waals surface area contributed by atoms with Gasteiger partial charge < -0.3 is 41.9 Å². The highest BCUT2D eigenvalue weighted by Gasteiger charge is 2.26. The van der Waals surface area contributed by atoms with E-state index in [1.807, 2.05) is 43.3 Å². The van der Waals surface area contributed by atoms with Crippen LogP contribution in [0.15, 0.2) is 48.5 Å². The molecular formula is C44H51FN10O4. The van der Waals surface area contributed by atoms with E-state index in [-0.39, 0.29) is 41.8 Å². The average Bonchev–Trinajstić information content (AvgIpc) is 3.88. The molecule has 0 bridgehead atoms. The van der Waals surface area contributed by atoms with Crippen LogP contribution >= 0.6 is 0 Å². The number of aromatic nitrogens is 6. The summed E-state index contributed by atoms with van der Waals surface area (Å²) in [5, 5.41) is 28.5. The van der Waals surface area contributed by atoms with Crippen LogP contribution in [0.3, 0.4) is 0 Å². The molecule has 10 rings (SSSR count). The van der Waals surface area contributed by atoms with Gasteiger partial charge in [0.1, 0.15) is 16.9 Å². The van der Waals surface area contributed by atoms with Gasteiger partial charge in [0.15, 0.2) is 0 Å². The molecule has 308 valence electrons. The van der Waals surface area contributed by atoms with Crippen LogP contribution in [0.5, 0.6) is 0 Å². The second-order valence-electron chi connectivity index (χ2n) is 15.9. The van der Waals surface area contributed by atoms with Gasteiger partial charge in [0, 0.05) is 65.9 Å². The van der Waals surface area contributed by atoms with E-state index in [0.717, 1.165) is 108 Å². The van der Waals surface area contributed by atoms with Crippen molar-refractivity contribution in [1.29, 1.82) is 0 Å². The summed E-state index contributed by atoms with van der Waals surface area (Å²) in [6.45, 7) is 4.80. The zero-order valence-corrected chi connectivity index (χ0v) is 33.4. The Morgan fingerprint density at radius 2 is 1.20 bits per heavy atom. The summed E-state index contributed by atoms with van der Waals surface area (Å²) in [6, 6.07) is 15.2. The fraction of sp³-hybridized carbons (Fsp3) is 0.409. The number of benzene rings is 2. The number of halogens is 1. The lowest BCUT2D eigenvalue weighted by Crippen LogP contribution is -2.37. The molecular weight excluding hydrogens is 752 g/mol. The number of rotatable bonds is 4. The molecule has 2 amide bonds. The fourth-order valence-corrected chi connectivity index (χ4v) is 8.35. The molecule has 4 aromatic heterocycles. The summed E-state index contributed by atoms with van der Waals surface area (Å²) >= 11 is 0. The molecule has 6 heterocycles. The number of anilines is 1. The SMILES string of the molecule is Cc1nc2cccc(-c3cc4c([nH]3)CCNC4=O)c2nc1F.Cc1nc2cccc(-c3cc4c([nH]3)CCNC4=O)c2nc1NC1CCCCC1O.NC1CCCCC1O. The van der Waals surface area contributed by atoms with Crippen molar-refractivity contribution in [2.24, 2.45) is 5.73 Å². The minimum atomic E-state index is -0.575. The number of para-hydroxylation sites is 2. The maximum Gasteiger partial charge on any atom is 0.253 e. The smallest absolute Gasteiger partial charge is 0.253 e. The Hall–Kier alpha value is -5.77. The lowest BCUT2D eigenvalue weighted by atomic mass is 9.92. The molecule has 4 unspecified atom stereocenters. The molecule has 14 nitrogen and oxygen atoms in total. The molecule has 6 aromatic rings. The summed E-state index contributed by atoms with van der Waals surface area (Å²) in [7, 11) is 0. The third-order valence-corrected chi connectivity index (χ3v) is 11.7.